The number of rotatable bonds is 10. The van der Waals surface area contributed by atoms with Gasteiger partial charge in [-0.25, -0.2) is 4.79 Å². The molecule has 2 aromatic carbocycles. The van der Waals surface area contributed by atoms with E-state index in [0.29, 0.717) is 35.7 Å². The highest BCUT2D eigenvalue weighted by molar-refractivity contribution is 5.83. The predicted molar refractivity (Wildman–Crippen MR) is 130 cm³/mol. The number of hydrogen-bond donors (Lipinski definition) is 2. The molecule has 2 amide bonds. The van der Waals surface area contributed by atoms with Crippen LogP contribution in [-0.4, -0.2) is 62.2 Å². The first kappa shape index (κ1) is 24.1. The van der Waals surface area contributed by atoms with Gasteiger partial charge in [0.25, 0.3) is 5.56 Å². The summed E-state index contributed by atoms with van der Waals surface area (Å²) in [7, 11) is 7.11. The summed E-state index contributed by atoms with van der Waals surface area (Å²) in [5.41, 5.74) is 1.94. The minimum atomic E-state index is -0.233. The molecule has 8 nitrogen and oxygen atoms in total. The van der Waals surface area contributed by atoms with Crippen molar-refractivity contribution in [3.05, 3.63) is 70.0 Å². The fourth-order valence-electron chi connectivity index (χ4n) is 3.62. The average Bonchev–Trinajstić information content (AvgIpc) is 2.81. The minimum absolute atomic E-state index is 0.202. The number of ether oxygens (including phenoxy) is 2. The quantitative estimate of drug-likeness (QED) is 0.493. The summed E-state index contributed by atoms with van der Waals surface area (Å²) in [6.07, 6.45) is 0.794. The lowest BCUT2D eigenvalue weighted by atomic mass is 10.1. The molecule has 2 N–H and O–H groups in total. The van der Waals surface area contributed by atoms with Gasteiger partial charge in [-0.05, 0) is 44.8 Å². The molecule has 33 heavy (non-hydrogen) atoms. The van der Waals surface area contributed by atoms with Crippen LogP contribution < -0.4 is 20.3 Å². The number of pyridine rings is 1. The van der Waals surface area contributed by atoms with Crippen molar-refractivity contribution in [2.75, 3.05) is 41.4 Å². The predicted octanol–water partition coefficient (Wildman–Crippen LogP) is 3.21. The van der Waals surface area contributed by atoms with Gasteiger partial charge in [-0.3, -0.25) is 4.79 Å². The van der Waals surface area contributed by atoms with Gasteiger partial charge < -0.3 is 29.6 Å². The molecule has 8 heteroatoms. The normalized spacial score (nSPS) is 10.9. The van der Waals surface area contributed by atoms with E-state index in [4.69, 9.17) is 9.47 Å². The maximum Gasteiger partial charge on any atom is 0.317 e. The molecule has 0 spiro atoms. The number of H-pyrrole nitrogens is 1. The van der Waals surface area contributed by atoms with Crippen molar-refractivity contribution in [2.24, 2.45) is 0 Å². The fraction of sp³-hybridized carbons (Fsp3) is 0.360. The summed E-state index contributed by atoms with van der Waals surface area (Å²) in [4.78, 5) is 32.5. The number of nitrogens with zero attached hydrogens (tertiary/aromatic N) is 2. The van der Waals surface area contributed by atoms with Crippen molar-refractivity contribution < 1.29 is 14.3 Å². The third kappa shape index (κ3) is 6.49. The first-order valence-corrected chi connectivity index (χ1v) is 10.9. The van der Waals surface area contributed by atoms with Crippen molar-refractivity contribution in [3.8, 4) is 11.5 Å². The van der Waals surface area contributed by atoms with Crippen molar-refractivity contribution in [1.29, 1.82) is 0 Å². The van der Waals surface area contributed by atoms with Crippen LogP contribution in [0.1, 0.15) is 17.5 Å². The second kappa shape index (κ2) is 11.4. The zero-order valence-corrected chi connectivity index (χ0v) is 19.7. The minimum Gasteiger partial charge on any atom is -0.493 e. The van der Waals surface area contributed by atoms with Crippen LogP contribution in [0, 0.1) is 0 Å². The molecule has 0 aliphatic heterocycles. The molecule has 0 bridgehead atoms. The van der Waals surface area contributed by atoms with Crippen LogP contribution in [0.3, 0.4) is 0 Å². The number of aromatic nitrogens is 1. The molecule has 0 saturated carbocycles. The highest BCUT2D eigenvalue weighted by atomic mass is 16.5. The maximum atomic E-state index is 13.0. The summed E-state index contributed by atoms with van der Waals surface area (Å²) in [5.74, 6) is 1.12. The number of fused-ring (bicyclic) bond motifs is 1. The summed E-state index contributed by atoms with van der Waals surface area (Å²) in [6, 6.07) is 14.9. The zero-order chi connectivity index (χ0) is 23.8. The first-order chi connectivity index (χ1) is 15.9. The van der Waals surface area contributed by atoms with E-state index in [2.05, 4.69) is 15.2 Å². The van der Waals surface area contributed by atoms with E-state index >= 15 is 0 Å². The number of methoxy groups -OCH3 is 2. The maximum absolute atomic E-state index is 13.0. The van der Waals surface area contributed by atoms with Gasteiger partial charge in [0.05, 0.1) is 26.3 Å². The van der Waals surface area contributed by atoms with Gasteiger partial charge in [0, 0.05) is 30.1 Å². The van der Waals surface area contributed by atoms with Crippen LogP contribution in [0.2, 0.25) is 0 Å². The number of benzene rings is 2. The Bertz CT molecular complexity index is 1130. The highest BCUT2D eigenvalue weighted by Crippen LogP contribution is 2.31. The molecule has 0 radical (unpaired) electrons. The lowest BCUT2D eigenvalue weighted by Gasteiger charge is -2.24. The summed E-state index contributed by atoms with van der Waals surface area (Å²) in [5, 5.41) is 3.78. The van der Waals surface area contributed by atoms with Crippen LogP contribution in [0.15, 0.2) is 53.3 Å². The number of urea groups is 1. The van der Waals surface area contributed by atoms with Gasteiger partial charge in [-0.15, -0.1) is 0 Å². The van der Waals surface area contributed by atoms with Crippen molar-refractivity contribution in [3.63, 3.8) is 0 Å². The molecule has 1 aromatic heterocycles. The number of amides is 2. The monoisotopic (exact) mass is 452 g/mol. The van der Waals surface area contributed by atoms with E-state index in [-0.39, 0.29) is 18.1 Å². The standard InChI is InChI=1S/C25H32N4O4/c1-28(2)11-8-12-29(25(31)26-16-18-9-6-5-7-10-18)17-20-13-19-14-22(32-3)23(33-4)15-21(19)27-24(20)30/h5-7,9-10,13-15H,8,11-12,16-17H2,1-4H3,(H,26,31)(H,27,30). The Balaban J connectivity index is 1.83. The van der Waals surface area contributed by atoms with Crippen LogP contribution in [0.5, 0.6) is 11.5 Å². The van der Waals surface area contributed by atoms with Gasteiger partial charge in [0.1, 0.15) is 0 Å². The third-order valence-corrected chi connectivity index (χ3v) is 5.39. The Morgan fingerprint density at radius 2 is 1.70 bits per heavy atom. The molecule has 0 saturated heterocycles. The average molecular weight is 453 g/mol. The number of aromatic amines is 1. The molecular formula is C25H32N4O4. The highest BCUT2D eigenvalue weighted by Gasteiger charge is 2.17. The molecular weight excluding hydrogens is 420 g/mol. The molecule has 0 aliphatic rings. The second-order valence-electron chi connectivity index (χ2n) is 8.14. The van der Waals surface area contributed by atoms with E-state index < -0.39 is 0 Å². The lowest BCUT2D eigenvalue weighted by Crippen LogP contribution is -2.41. The van der Waals surface area contributed by atoms with Crippen molar-refractivity contribution in [2.45, 2.75) is 19.5 Å². The fourth-order valence-corrected chi connectivity index (χ4v) is 3.62. The van der Waals surface area contributed by atoms with Crippen LogP contribution in [-0.2, 0) is 13.1 Å². The molecule has 3 rings (SSSR count). The molecule has 3 aromatic rings. The van der Waals surface area contributed by atoms with Crippen LogP contribution >= 0.6 is 0 Å². The molecule has 176 valence electrons. The van der Waals surface area contributed by atoms with E-state index in [9.17, 15) is 9.59 Å². The molecule has 1 heterocycles. The zero-order valence-electron chi connectivity index (χ0n) is 19.7. The van der Waals surface area contributed by atoms with E-state index in [1.165, 1.54) is 0 Å². The first-order valence-electron chi connectivity index (χ1n) is 10.9. The Kier molecular flexibility index (Phi) is 8.32. The molecule has 0 atom stereocenters. The Morgan fingerprint density at radius 1 is 1.00 bits per heavy atom. The molecule has 0 fully saturated rings. The summed E-state index contributed by atoms with van der Waals surface area (Å²) in [6.45, 7) is 2.00. The van der Waals surface area contributed by atoms with Gasteiger partial charge in [0.2, 0.25) is 0 Å². The molecule has 0 unspecified atom stereocenters. The lowest BCUT2D eigenvalue weighted by molar-refractivity contribution is 0.191. The van der Waals surface area contributed by atoms with E-state index in [1.54, 1.807) is 31.3 Å². The number of carbonyl (C=O) groups excluding carboxylic acids is 1. The molecule has 0 aliphatic carbocycles. The topological polar surface area (TPSA) is 86.9 Å². The van der Waals surface area contributed by atoms with Gasteiger partial charge in [0.15, 0.2) is 11.5 Å². The smallest absolute Gasteiger partial charge is 0.317 e. The van der Waals surface area contributed by atoms with Crippen LogP contribution in [0.4, 0.5) is 4.79 Å². The number of nitrogens with one attached hydrogen (secondary N) is 2. The van der Waals surface area contributed by atoms with Crippen molar-refractivity contribution in [1.82, 2.24) is 20.1 Å². The summed E-state index contributed by atoms with van der Waals surface area (Å²) >= 11 is 0. The van der Waals surface area contributed by atoms with Gasteiger partial charge >= 0.3 is 6.03 Å². The van der Waals surface area contributed by atoms with E-state index in [0.717, 1.165) is 23.9 Å². The van der Waals surface area contributed by atoms with Gasteiger partial charge in [-0.1, -0.05) is 30.3 Å². The Labute approximate surface area is 194 Å². The largest absolute Gasteiger partial charge is 0.493 e. The SMILES string of the molecule is COc1cc2cc(CN(CCCN(C)C)C(=O)NCc3ccccc3)c(=O)[nH]c2cc1OC. The van der Waals surface area contributed by atoms with Crippen molar-refractivity contribution >= 4 is 16.9 Å². The number of hydrogen-bond acceptors (Lipinski definition) is 5. The second-order valence-corrected chi connectivity index (χ2v) is 8.14. The Morgan fingerprint density at radius 3 is 2.36 bits per heavy atom. The number of carbonyl (C=O) groups is 1. The van der Waals surface area contributed by atoms with Gasteiger partial charge in [-0.2, -0.15) is 0 Å². The summed E-state index contributed by atoms with van der Waals surface area (Å²) < 4.78 is 10.7. The van der Waals surface area contributed by atoms with E-state index in [1.807, 2.05) is 50.5 Å². The van der Waals surface area contributed by atoms with Crippen LogP contribution in [0.25, 0.3) is 10.9 Å². The Hall–Kier alpha value is -3.52. The third-order valence-electron chi connectivity index (χ3n) is 5.39.